The molecule has 0 bridgehead atoms. The average Bonchev–Trinajstić information content (AvgIpc) is 2.72. The van der Waals surface area contributed by atoms with E-state index in [1.165, 1.54) is 15.6 Å². The Hall–Kier alpha value is -1.12. The zero-order valence-corrected chi connectivity index (χ0v) is 10.4. The van der Waals surface area contributed by atoms with Gasteiger partial charge in [0.15, 0.2) is 0 Å². The van der Waals surface area contributed by atoms with E-state index in [0.29, 0.717) is 6.04 Å². The molecule has 0 aliphatic carbocycles. The maximum absolute atomic E-state index is 3.80. The lowest BCUT2D eigenvalue weighted by atomic mass is 10.0. The van der Waals surface area contributed by atoms with E-state index in [9.17, 15) is 0 Å². The minimum absolute atomic E-state index is 0.496. The molecule has 0 aliphatic heterocycles. The smallest absolute Gasteiger partial charge is 0.0345 e. The van der Waals surface area contributed by atoms with Crippen LogP contribution in [0.25, 0.3) is 10.1 Å². The van der Waals surface area contributed by atoms with Crippen molar-refractivity contribution in [3.8, 4) is 0 Å². The monoisotopic (exact) mass is 231 g/mol. The van der Waals surface area contributed by atoms with E-state index in [1.807, 2.05) is 24.5 Å². The van der Waals surface area contributed by atoms with Crippen LogP contribution in [0.4, 0.5) is 0 Å². The van der Waals surface area contributed by atoms with E-state index < -0.39 is 0 Å². The van der Waals surface area contributed by atoms with E-state index >= 15 is 0 Å². The van der Waals surface area contributed by atoms with Gasteiger partial charge < -0.3 is 5.32 Å². The molecule has 1 nitrogen and oxygen atoms in total. The molecule has 0 saturated carbocycles. The van der Waals surface area contributed by atoms with Crippen LogP contribution in [0.5, 0.6) is 0 Å². The van der Waals surface area contributed by atoms with Gasteiger partial charge in [-0.05, 0) is 42.3 Å². The number of hydrogen-bond acceptors (Lipinski definition) is 2. The van der Waals surface area contributed by atoms with Gasteiger partial charge in [-0.25, -0.2) is 0 Å². The number of benzene rings is 1. The van der Waals surface area contributed by atoms with Crippen molar-refractivity contribution < 1.29 is 0 Å². The van der Waals surface area contributed by atoms with E-state index in [0.717, 1.165) is 12.8 Å². The zero-order valence-electron chi connectivity index (χ0n) is 9.57. The number of fused-ring (bicyclic) bond motifs is 1. The van der Waals surface area contributed by atoms with Crippen LogP contribution in [0.3, 0.4) is 0 Å². The van der Waals surface area contributed by atoms with Gasteiger partial charge in [0.25, 0.3) is 0 Å². The van der Waals surface area contributed by atoms with Gasteiger partial charge >= 0.3 is 0 Å². The molecular weight excluding hydrogens is 214 g/mol. The fourth-order valence-corrected chi connectivity index (χ4v) is 2.94. The maximum atomic E-state index is 3.80. The van der Waals surface area contributed by atoms with Crippen LogP contribution in [0.2, 0.25) is 0 Å². The van der Waals surface area contributed by atoms with Gasteiger partial charge in [0.2, 0.25) is 0 Å². The van der Waals surface area contributed by atoms with E-state index in [1.54, 1.807) is 0 Å². The molecule has 0 amide bonds. The van der Waals surface area contributed by atoms with Crippen LogP contribution in [0, 0.1) is 0 Å². The Kier molecular flexibility index (Phi) is 3.75. The van der Waals surface area contributed by atoms with Crippen molar-refractivity contribution in [1.82, 2.24) is 5.32 Å². The lowest BCUT2D eigenvalue weighted by Crippen LogP contribution is -2.26. The molecule has 0 saturated heterocycles. The first-order valence-electron chi connectivity index (χ1n) is 5.58. The van der Waals surface area contributed by atoms with Crippen LogP contribution < -0.4 is 5.32 Å². The van der Waals surface area contributed by atoms with Gasteiger partial charge in [-0.3, -0.25) is 0 Å². The summed E-state index contributed by atoms with van der Waals surface area (Å²) in [5.74, 6) is 0. The number of rotatable bonds is 5. The highest BCUT2D eigenvalue weighted by atomic mass is 32.1. The summed E-state index contributed by atoms with van der Waals surface area (Å²) in [5.41, 5.74) is 1.45. The third kappa shape index (κ3) is 2.34. The molecule has 84 valence electrons. The summed E-state index contributed by atoms with van der Waals surface area (Å²) in [4.78, 5) is 0. The molecule has 2 heteroatoms. The topological polar surface area (TPSA) is 12.0 Å². The Bertz CT molecular complexity index is 472. The fourth-order valence-electron chi connectivity index (χ4n) is 1.96. The molecule has 16 heavy (non-hydrogen) atoms. The van der Waals surface area contributed by atoms with E-state index in [-0.39, 0.29) is 0 Å². The second kappa shape index (κ2) is 5.28. The van der Waals surface area contributed by atoms with E-state index in [2.05, 4.69) is 41.5 Å². The van der Waals surface area contributed by atoms with Crippen molar-refractivity contribution in [3.05, 3.63) is 47.9 Å². The molecule has 1 unspecified atom stereocenters. The molecule has 0 fully saturated rings. The molecule has 0 radical (unpaired) electrons. The van der Waals surface area contributed by atoms with Crippen molar-refractivity contribution in [3.63, 3.8) is 0 Å². The van der Waals surface area contributed by atoms with E-state index in [4.69, 9.17) is 0 Å². The molecule has 0 aliphatic rings. The van der Waals surface area contributed by atoms with Gasteiger partial charge in [0.05, 0.1) is 0 Å². The van der Waals surface area contributed by atoms with Crippen LogP contribution in [-0.2, 0) is 6.42 Å². The fraction of sp³-hybridized carbons (Fsp3) is 0.286. The summed E-state index contributed by atoms with van der Waals surface area (Å²) in [7, 11) is 2.02. The van der Waals surface area contributed by atoms with Crippen molar-refractivity contribution in [2.75, 3.05) is 7.05 Å². The van der Waals surface area contributed by atoms with Crippen molar-refractivity contribution >= 4 is 21.4 Å². The summed E-state index contributed by atoms with van der Waals surface area (Å²) in [6.07, 6.45) is 4.07. The van der Waals surface area contributed by atoms with Crippen molar-refractivity contribution in [2.24, 2.45) is 0 Å². The lowest BCUT2D eigenvalue weighted by molar-refractivity contribution is 0.568. The number of nitrogens with one attached hydrogen (secondary N) is 1. The Labute approximate surface area is 101 Å². The molecule has 2 aromatic rings. The van der Waals surface area contributed by atoms with Crippen LogP contribution in [0.15, 0.2) is 42.3 Å². The molecular formula is C14H17NS. The first-order chi connectivity index (χ1) is 7.85. The van der Waals surface area contributed by atoms with Crippen LogP contribution in [-0.4, -0.2) is 13.1 Å². The predicted octanol–water partition coefficient (Wildman–Crippen LogP) is 3.61. The highest BCUT2D eigenvalue weighted by Crippen LogP contribution is 2.26. The third-order valence-electron chi connectivity index (χ3n) is 2.89. The highest BCUT2D eigenvalue weighted by molar-refractivity contribution is 7.17. The molecule has 1 aromatic carbocycles. The largest absolute Gasteiger partial charge is 0.316 e. The summed E-state index contributed by atoms with van der Waals surface area (Å²) in [6, 6.07) is 9.10. The molecule has 1 N–H and O–H groups in total. The Morgan fingerprint density at radius 1 is 1.44 bits per heavy atom. The average molecular weight is 231 g/mol. The molecule has 1 atom stereocenters. The molecule has 0 spiro atoms. The Balaban J connectivity index is 2.23. The van der Waals surface area contributed by atoms with Crippen molar-refractivity contribution in [1.29, 1.82) is 0 Å². The van der Waals surface area contributed by atoms with Gasteiger partial charge in [0.1, 0.15) is 0 Å². The minimum Gasteiger partial charge on any atom is -0.316 e. The SMILES string of the molecule is C=CCC(Cc1csc2ccccc12)NC. The second-order valence-corrected chi connectivity index (χ2v) is 4.88. The lowest BCUT2D eigenvalue weighted by Gasteiger charge is -2.13. The minimum atomic E-state index is 0.496. The molecule has 1 aromatic heterocycles. The standard InChI is InChI=1S/C14H17NS/c1-3-6-12(15-2)9-11-10-16-14-8-5-4-7-13(11)14/h3-5,7-8,10,12,15H,1,6,9H2,2H3. The van der Waals surface area contributed by atoms with Gasteiger partial charge in [-0.2, -0.15) is 0 Å². The first kappa shape index (κ1) is 11.4. The third-order valence-corrected chi connectivity index (χ3v) is 3.90. The van der Waals surface area contributed by atoms with Crippen LogP contribution in [0.1, 0.15) is 12.0 Å². The zero-order chi connectivity index (χ0) is 11.4. The highest BCUT2D eigenvalue weighted by Gasteiger charge is 2.09. The summed E-state index contributed by atoms with van der Waals surface area (Å²) >= 11 is 1.83. The normalized spacial score (nSPS) is 12.8. The Morgan fingerprint density at radius 2 is 2.25 bits per heavy atom. The predicted molar refractivity (Wildman–Crippen MR) is 73.2 cm³/mol. The number of likely N-dealkylation sites (N-methyl/N-ethyl adjacent to an activating group) is 1. The van der Waals surface area contributed by atoms with Gasteiger partial charge in [-0.15, -0.1) is 17.9 Å². The number of thiophene rings is 1. The van der Waals surface area contributed by atoms with Gasteiger partial charge in [-0.1, -0.05) is 24.3 Å². The Morgan fingerprint density at radius 3 is 3.00 bits per heavy atom. The first-order valence-corrected chi connectivity index (χ1v) is 6.46. The molecule has 2 rings (SSSR count). The summed E-state index contributed by atoms with van der Waals surface area (Å²) < 4.78 is 1.38. The van der Waals surface area contributed by atoms with Crippen molar-refractivity contribution in [2.45, 2.75) is 18.9 Å². The van der Waals surface area contributed by atoms with Gasteiger partial charge in [0, 0.05) is 10.7 Å². The quantitative estimate of drug-likeness (QED) is 0.775. The van der Waals surface area contributed by atoms with Crippen LogP contribution >= 0.6 is 11.3 Å². The second-order valence-electron chi connectivity index (χ2n) is 3.97. The summed E-state index contributed by atoms with van der Waals surface area (Å²) in [5, 5.41) is 7.02. The molecule has 1 heterocycles. The maximum Gasteiger partial charge on any atom is 0.0345 e. The summed E-state index contributed by atoms with van der Waals surface area (Å²) in [6.45, 7) is 3.80. The number of hydrogen-bond donors (Lipinski definition) is 1.